The quantitative estimate of drug-likeness (QED) is 0.417. The summed E-state index contributed by atoms with van der Waals surface area (Å²) < 4.78 is 16.4. The molecule has 0 aliphatic heterocycles. The Hall–Kier alpha value is 0.850. The van der Waals surface area contributed by atoms with Crippen LogP contribution in [0.4, 0.5) is 0 Å². The predicted molar refractivity (Wildman–Crippen MR) is 58.9 cm³/mol. The van der Waals surface area contributed by atoms with Crippen LogP contribution in [0.5, 0.6) is 0 Å². The summed E-state index contributed by atoms with van der Waals surface area (Å²) in [6.45, 7) is 3.76. The van der Waals surface area contributed by atoms with Crippen molar-refractivity contribution >= 4 is 30.7 Å². The Kier molecular flexibility index (Phi) is 6.77. The maximum absolute atomic E-state index is 11.3. The molecule has 0 rings (SSSR count). The summed E-state index contributed by atoms with van der Waals surface area (Å²) in [5.41, 5.74) is 0. The van der Waals surface area contributed by atoms with E-state index in [-0.39, 0.29) is 0 Å². The van der Waals surface area contributed by atoms with Crippen LogP contribution in [0.1, 0.15) is 20.8 Å². The zero-order valence-corrected chi connectivity index (χ0v) is 10.2. The summed E-state index contributed by atoms with van der Waals surface area (Å²) in [5.74, 6) is 0.422. The lowest BCUT2D eigenvalue weighted by Gasteiger charge is -2.13. The summed E-state index contributed by atoms with van der Waals surface area (Å²) in [7, 11) is 0. The van der Waals surface area contributed by atoms with Crippen molar-refractivity contribution in [2.45, 2.75) is 26.0 Å². The van der Waals surface area contributed by atoms with Crippen LogP contribution >= 0.6 is 30.7 Å². The molecule has 0 fully saturated rings. The van der Waals surface area contributed by atoms with Gasteiger partial charge in [0.05, 0.1) is 0 Å². The number of nitrogens with one attached hydrogen (secondary N) is 1. The smallest absolute Gasteiger partial charge is 0.299 e. The van der Waals surface area contributed by atoms with E-state index in [1.165, 1.54) is 0 Å². The first-order chi connectivity index (χ1) is 5.48. The van der Waals surface area contributed by atoms with Crippen LogP contribution in [0.25, 0.3) is 0 Å². The highest BCUT2D eigenvalue weighted by molar-refractivity contribution is 8.45. The van der Waals surface area contributed by atoms with E-state index in [0.717, 1.165) is 0 Å². The predicted octanol–water partition coefficient (Wildman–Crippen LogP) is 2.75. The molecule has 0 aromatic heterocycles. The van der Waals surface area contributed by atoms with Gasteiger partial charge >= 0.3 is 6.72 Å². The van der Waals surface area contributed by atoms with Gasteiger partial charge < -0.3 is 0 Å². The second-order valence-corrected chi connectivity index (χ2v) is 7.20. The molecule has 0 aromatic carbocycles. The van der Waals surface area contributed by atoms with Gasteiger partial charge in [0, 0.05) is 11.8 Å². The minimum Gasteiger partial charge on any atom is -0.299 e. The van der Waals surface area contributed by atoms with Crippen molar-refractivity contribution < 1.29 is 9.09 Å². The molecule has 0 aromatic rings. The molecule has 0 aliphatic rings. The second kappa shape index (κ2) is 6.33. The minimum absolute atomic E-state index is 0.422. The number of rotatable bonds is 6. The lowest BCUT2D eigenvalue weighted by Crippen LogP contribution is -2.08. The summed E-state index contributed by atoms with van der Waals surface area (Å²) in [6, 6.07) is 0. The molecule has 0 heterocycles. The molecule has 0 unspecified atom stereocenters. The minimum atomic E-state index is -2.83. The van der Waals surface area contributed by atoms with Crippen LogP contribution in [0.2, 0.25) is 0 Å². The molecule has 74 valence electrons. The maximum atomic E-state index is 11.3. The van der Waals surface area contributed by atoms with Crippen LogP contribution < -0.4 is 5.09 Å². The van der Waals surface area contributed by atoms with Gasteiger partial charge in [-0.2, -0.15) is 0 Å². The third-order valence-electron chi connectivity index (χ3n) is 0.987. The standard InChI is InChI=1S/C6H16NO2PS2/c1-4-7-10(8,11)9-5-12-6(2)3/h6H,4-5H2,1-3H3,(H2,7,8,11)/t10-/m0/s1. The molecule has 0 radical (unpaired) electrons. The highest BCUT2D eigenvalue weighted by Crippen LogP contribution is 2.47. The first kappa shape index (κ1) is 12.8. The van der Waals surface area contributed by atoms with E-state index in [1.807, 2.05) is 6.92 Å². The molecule has 0 saturated heterocycles. The molecule has 0 amide bonds. The van der Waals surface area contributed by atoms with E-state index in [4.69, 9.17) is 4.52 Å². The lowest BCUT2D eigenvalue weighted by atomic mass is 10.6. The molecular weight excluding hydrogens is 213 g/mol. The van der Waals surface area contributed by atoms with E-state index in [9.17, 15) is 4.57 Å². The molecule has 6 heteroatoms. The van der Waals surface area contributed by atoms with Crippen LogP contribution in [0.3, 0.4) is 0 Å². The molecule has 12 heavy (non-hydrogen) atoms. The number of hydrogen-bond acceptors (Lipinski definition) is 3. The number of hydrogen-bond donors (Lipinski definition) is 2. The molecule has 1 atom stereocenters. The number of thiol groups is 1. The molecule has 1 N–H and O–H groups in total. The zero-order valence-electron chi connectivity index (χ0n) is 7.61. The fourth-order valence-electron chi connectivity index (χ4n) is 0.483. The van der Waals surface area contributed by atoms with Crippen molar-refractivity contribution in [2.75, 3.05) is 12.5 Å². The SMILES string of the molecule is CCN[P@@](=O)(S)OCSC(C)C. The molecule has 0 saturated carbocycles. The highest BCUT2D eigenvalue weighted by atomic mass is 32.7. The van der Waals surface area contributed by atoms with Gasteiger partial charge in [-0.05, 0) is 0 Å². The second-order valence-electron chi connectivity index (χ2n) is 2.49. The third-order valence-corrected chi connectivity index (χ3v) is 4.05. The lowest BCUT2D eigenvalue weighted by molar-refractivity contribution is 0.383. The molecule has 0 spiro atoms. The summed E-state index contributed by atoms with van der Waals surface area (Å²) in [5, 5.41) is 3.17. The maximum Gasteiger partial charge on any atom is 0.324 e. The first-order valence-corrected chi connectivity index (χ1v) is 7.64. The third kappa shape index (κ3) is 7.50. The van der Waals surface area contributed by atoms with Gasteiger partial charge in [0.25, 0.3) is 0 Å². The highest BCUT2D eigenvalue weighted by Gasteiger charge is 2.14. The van der Waals surface area contributed by atoms with Gasteiger partial charge in [0.2, 0.25) is 0 Å². The fraction of sp³-hybridized carbons (Fsp3) is 1.00. The van der Waals surface area contributed by atoms with E-state index in [0.29, 0.717) is 17.7 Å². The van der Waals surface area contributed by atoms with Crippen LogP contribution in [0.15, 0.2) is 0 Å². The number of thioether (sulfide) groups is 1. The van der Waals surface area contributed by atoms with Crippen molar-refractivity contribution in [1.29, 1.82) is 0 Å². The van der Waals surface area contributed by atoms with E-state index in [1.54, 1.807) is 11.8 Å². The Morgan fingerprint density at radius 1 is 1.67 bits per heavy atom. The summed E-state index contributed by atoms with van der Waals surface area (Å²) in [4.78, 5) is 0. The molecule has 0 bridgehead atoms. The van der Waals surface area contributed by atoms with Crippen molar-refractivity contribution in [3.63, 3.8) is 0 Å². The average Bonchev–Trinajstić information content (AvgIpc) is 1.85. The van der Waals surface area contributed by atoms with Crippen molar-refractivity contribution in [1.82, 2.24) is 5.09 Å². The molecule has 3 nitrogen and oxygen atoms in total. The van der Waals surface area contributed by atoms with Crippen molar-refractivity contribution in [3.8, 4) is 0 Å². The van der Waals surface area contributed by atoms with Gasteiger partial charge in [-0.1, -0.05) is 33.0 Å². The van der Waals surface area contributed by atoms with Crippen LogP contribution in [-0.4, -0.2) is 17.7 Å². The normalized spacial score (nSPS) is 16.4. The Bertz CT molecular complexity index is 166. The Balaban J connectivity index is 3.54. The Morgan fingerprint density at radius 3 is 2.67 bits per heavy atom. The average molecular weight is 229 g/mol. The largest absolute Gasteiger partial charge is 0.324 e. The van der Waals surface area contributed by atoms with E-state index < -0.39 is 6.72 Å². The monoisotopic (exact) mass is 229 g/mol. The van der Waals surface area contributed by atoms with E-state index in [2.05, 4.69) is 31.2 Å². The van der Waals surface area contributed by atoms with Crippen molar-refractivity contribution in [3.05, 3.63) is 0 Å². The molecular formula is C6H16NO2PS2. The Labute approximate surface area is 83.7 Å². The van der Waals surface area contributed by atoms with Gasteiger partial charge in [0.15, 0.2) is 0 Å². The summed E-state index contributed by atoms with van der Waals surface area (Å²) in [6.07, 6.45) is 0. The van der Waals surface area contributed by atoms with E-state index >= 15 is 0 Å². The fourth-order valence-corrected chi connectivity index (χ4v) is 2.91. The zero-order chi connectivity index (χ0) is 9.61. The Morgan fingerprint density at radius 2 is 2.25 bits per heavy atom. The van der Waals surface area contributed by atoms with Crippen LogP contribution in [-0.2, 0) is 9.09 Å². The van der Waals surface area contributed by atoms with Crippen molar-refractivity contribution in [2.24, 2.45) is 0 Å². The van der Waals surface area contributed by atoms with Gasteiger partial charge in [-0.25, -0.2) is 5.09 Å². The molecule has 0 aliphatic carbocycles. The first-order valence-electron chi connectivity index (χ1n) is 3.82. The summed E-state index contributed by atoms with van der Waals surface area (Å²) >= 11 is 5.48. The van der Waals surface area contributed by atoms with Gasteiger partial charge in [0.1, 0.15) is 5.94 Å². The van der Waals surface area contributed by atoms with Gasteiger partial charge in [-0.15, -0.1) is 11.8 Å². The van der Waals surface area contributed by atoms with Gasteiger partial charge in [-0.3, -0.25) is 9.09 Å². The topological polar surface area (TPSA) is 38.3 Å². The van der Waals surface area contributed by atoms with Crippen LogP contribution in [0, 0.1) is 0 Å².